The minimum absolute atomic E-state index is 0.242. The smallest absolute Gasteiger partial charge is 0.278 e. The SMILES string of the molecule is CCCCCc1nn2c(=O)cc(O)nc2s1. The van der Waals surface area contributed by atoms with Crippen LogP contribution in [0.15, 0.2) is 10.9 Å². The second-order valence-corrected chi connectivity index (χ2v) is 4.64. The Kier molecular flexibility index (Phi) is 3.19. The molecule has 0 radical (unpaired) electrons. The van der Waals surface area contributed by atoms with Gasteiger partial charge in [0.1, 0.15) is 5.01 Å². The molecule has 1 N–H and O–H groups in total. The molecule has 0 atom stereocenters. The van der Waals surface area contributed by atoms with Crippen molar-refractivity contribution in [1.29, 1.82) is 0 Å². The fraction of sp³-hybridized carbons (Fsp3) is 0.500. The zero-order valence-corrected chi connectivity index (χ0v) is 9.83. The third-order valence-electron chi connectivity index (χ3n) is 2.27. The Labute approximate surface area is 96.4 Å². The first kappa shape index (κ1) is 11.1. The van der Waals surface area contributed by atoms with Crippen molar-refractivity contribution in [1.82, 2.24) is 14.6 Å². The highest BCUT2D eigenvalue weighted by atomic mass is 32.1. The largest absolute Gasteiger partial charge is 0.493 e. The van der Waals surface area contributed by atoms with Crippen molar-refractivity contribution in [3.8, 4) is 5.88 Å². The highest BCUT2D eigenvalue weighted by molar-refractivity contribution is 7.16. The Balaban J connectivity index is 2.29. The van der Waals surface area contributed by atoms with Crippen LogP contribution in [0.1, 0.15) is 31.2 Å². The van der Waals surface area contributed by atoms with Gasteiger partial charge in [-0.2, -0.15) is 14.6 Å². The van der Waals surface area contributed by atoms with Gasteiger partial charge in [-0.3, -0.25) is 4.79 Å². The number of hydrogen-bond donors (Lipinski definition) is 1. The van der Waals surface area contributed by atoms with E-state index in [2.05, 4.69) is 17.0 Å². The number of rotatable bonds is 4. The molecule has 0 spiro atoms. The summed E-state index contributed by atoms with van der Waals surface area (Å²) in [5.41, 5.74) is -0.333. The summed E-state index contributed by atoms with van der Waals surface area (Å²) in [4.78, 5) is 15.8. The zero-order chi connectivity index (χ0) is 11.5. The number of hydrogen-bond acceptors (Lipinski definition) is 5. The van der Waals surface area contributed by atoms with Gasteiger partial charge in [-0.25, -0.2) is 0 Å². The lowest BCUT2D eigenvalue weighted by Gasteiger charge is -1.92. The molecule has 0 saturated heterocycles. The van der Waals surface area contributed by atoms with E-state index in [4.69, 9.17) is 0 Å². The Morgan fingerprint density at radius 1 is 1.50 bits per heavy atom. The highest BCUT2D eigenvalue weighted by Gasteiger charge is 2.07. The lowest BCUT2D eigenvalue weighted by molar-refractivity contribution is 0.452. The van der Waals surface area contributed by atoms with Gasteiger partial charge < -0.3 is 5.11 Å². The first-order valence-corrected chi connectivity index (χ1v) is 6.11. The summed E-state index contributed by atoms with van der Waals surface area (Å²) >= 11 is 1.36. The van der Waals surface area contributed by atoms with E-state index in [1.807, 2.05) is 0 Å². The molecule has 0 aliphatic carbocycles. The van der Waals surface area contributed by atoms with E-state index in [1.54, 1.807) is 0 Å². The molecule has 86 valence electrons. The molecule has 2 aromatic rings. The van der Waals surface area contributed by atoms with Crippen molar-refractivity contribution in [3.05, 3.63) is 21.4 Å². The van der Waals surface area contributed by atoms with Gasteiger partial charge in [0.05, 0.1) is 6.07 Å². The van der Waals surface area contributed by atoms with Gasteiger partial charge in [-0.15, -0.1) is 0 Å². The van der Waals surface area contributed by atoms with E-state index in [0.29, 0.717) is 4.96 Å². The summed E-state index contributed by atoms with van der Waals surface area (Å²) in [6.07, 6.45) is 4.24. The summed E-state index contributed by atoms with van der Waals surface area (Å²) in [6.45, 7) is 2.14. The Hall–Kier alpha value is -1.43. The lowest BCUT2D eigenvalue weighted by atomic mass is 10.2. The first-order valence-electron chi connectivity index (χ1n) is 5.29. The molecule has 5 nitrogen and oxygen atoms in total. The van der Waals surface area contributed by atoms with Crippen molar-refractivity contribution >= 4 is 16.3 Å². The van der Waals surface area contributed by atoms with Crippen molar-refractivity contribution in [3.63, 3.8) is 0 Å². The predicted octanol–water partition coefficient (Wildman–Crippen LogP) is 1.59. The number of aromatic hydroxyl groups is 1. The molecule has 0 aromatic carbocycles. The Bertz CT molecular complexity index is 546. The van der Waals surface area contributed by atoms with Gasteiger partial charge in [0, 0.05) is 6.42 Å². The van der Waals surface area contributed by atoms with E-state index in [9.17, 15) is 9.90 Å². The summed E-state index contributed by atoms with van der Waals surface area (Å²) in [5, 5.41) is 14.3. The average Bonchev–Trinajstić information content (AvgIpc) is 2.61. The van der Waals surface area contributed by atoms with Crippen molar-refractivity contribution in [2.24, 2.45) is 0 Å². The fourth-order valence-electron chi connectivity index (χ4n) is 1.47. The molecule has 0 unspecified atom stereocenters. The molecule has 0 bridgehead atoms. The van der Waals surface area contributed by atoms with Gasteiger partial charge in [0.25, 0.3) is 5.56 Å². The summed E-state index contributed by atoms with van der Waals surface area (Å²) in [6, 6.07) is 1.07. The van der Waals surface area contributed by atoms with Gasteiger partial charge in [0.2, 0.25) is 10.8 Å². The maximum atomic E-state index is 11.4. The first-order chi connectivity index (χ1) is 7.70. The number of aromatic nitrogens is 3. The molecule has 2 rings (SSSR count). The summed E-state index contributed by atoms with van der Waals surface area (Å²) < 4.78 is 1.24. The molecular formula is C10H13N3O2S. The molecule has 2 heterocycles. The minimum Gasteiger partial charge on any atom is -0.493 e. The quantitative estimate of drug-likeness (QED) is 0.823. The molecule has 0 aliphatic heterocycles. The molecule has 0 fully saturated rings. The molecule has 0 amide bonds. The number of unbranched alkanes of at least 4 members (excludes halogenated alkanes) is 2. The Morgan fingerprint density at radius 2 is 2.31 bits per heavy atom. The van der Waals surface area contributed by atoms with Crippen LogP contribution >= 0.6 is 11.3 Å². The second-order valence-electron chi connectivity index (χ2n) is 3.60. The highest BCUT2D eigenvalue weighted by Crippen LogP contribution is 2.15. The van der Waals surface area contributed by atoms with Gasteiger partial charge in [-0.05, 0) is 6.42 Å². The zero-order valence-electron chi connectivity index (χ0n) is 9.01. The molecule has 0 saturated carbocycles. The van der Waals surface area contributed by atoms with Gasteiger partial charge in [0.15, 0.2) is 0 Å². The van der Waals surface area contributed by atoms with Crippen LogP contribution in [0, 0.1) is 0 Å². The molecule has 6 heteroatoms. The van der Waals surface area contributed by atoms with E-state index in [1.165, 1.54) is 15.9 Å². The van der Waals surface area contributed by atoms with Crippen LogP contribution in [0.2, 0.25) is 0 Å². The van der Waals surface area contributed by atoms with Crippen molar-refractivity contribution in [2.75, 3.05) is 0 Å². The topological polar surface area (TPSA) is 67.5 Å². The van der Waals surface area contributed by atoms with E-state index in [0.717, 1.165) is 36.8 Å². The van der Waals surface area contributed by atoms with Crippen LogP contribution in [-0.2, 0) is 6.42 Å². The standard InChI is InChI=1S/C10H13N3O2S/c1-2-3-4-5-8-12-13-9(15)6-7(14)11-10(13)16-8/h6,14H,2-5H2,1H3. The van der Waals surface area contributed by atoms with Crippen molar-refractivity contribution < 1.29 is 5.11 Å². The van der Waals surface area contributed by atoms with Crippen LogP contribution in [0.25, 0.3) is 4.96 Å². The second kappa shape index (κ2) is 4.61. The lowest BCUT2D eigenvalue weighted by Crippen LogP contribution is -2.13. The molecular weight excluding hydrogens is 226 g/mol. The van der Waals surface area contributed by atoms with Crippen LogP contribution in [0.4, 0.5) is 0 Å². The third kappa shape index (κ3) is 2.21. The van der Waals surface area contributed by atoms with Gasteiger partial charge >= 0.3 is 0 Å². The van der Waals surface area contributed by atoms with Crippen LogP contribution in [-0.4, -0.2) is 19.7 Å². The molecule has 0 aliphatic rings. The summed E-state index contributed by atoms with van der Waals surface area (Å²) in [5.74, 6) is -0.242. The normalized spacial score (nSPS) is 11.1. The van der Waals surface area contributed by atoms with Crippen LogP contribution < -0.4 is 5.56 Å². The maximum Gasteiger partial charge on any atom is 0.278 e. The van der Waals surface area contributed by atoms with E-state index >= 15 is 0 Å². The predicted molar refractivity (Wildman–Crippen MR) is 62.0 cm³/mol. The monoisotopic (exact) mass is 239 g/mol. The Morgan fingerprint density at radius 3 is 3.06 bits per heavy atom. The fourth-order valence-corrected chi connectivity index (χ4v) is 2.40. The third-order valence-corrected chi connectivity index (χ3v) is 3.24. The van der Waals surface area contributed by atoms with E-state index in [-0.39, 0.29) is 11.4 Å². The number of aryl methyl sites for hydroxylation is 1. The molecule has 2 aromatic heterocycles. The molecule has 16 heavy (non-hydrogen) atoms. The van der Waals surface area contributed by atoms with Crippen LogP contribution in [0.3, 0.4) is 0 Å². The number of nitrogens with zero attached hydrogens (tertiary/aromatic N) is 3. The minimum atomic E-state index is -0.333. The maximum absolute atomic E-state index is 11.4. The average molecular weight is 239 g/mol. The van der Waals surface area contributed by atoms with E-state index < -0.39 is 0 Å². The number of fused-ring (bicyclic) bond motifs is 1. The van der Waals surface area contributed by atoms with Crippen LogP contribution in [0.5, 0.6) is 5.88 Å². The summed E-state index contributed by atoms with van der Waals surface area (Å²) in [7, 11) is 0. The van der Waals surface area contributed by atoms with Gasteiger partial charge in [-0.1, -0.05) is 31.1 Å². The van der Waals surface area contributed by atoms with Crippen molar-refractivity contribution in [2.45, 2.75) is 32.6 Å².